The van der Waals surface area contributed by atoms with Gasteiger partial charge in [-0.2, -0.15) is 0 Å². The summed E-state index contributed by atoms with van der Waals surface area (Å²) in [4.78, 5) is 15.3. The van der Waals surface area contributed by atoms with Crippen molar-refractivity contribution < 1.29 is 9.90 Å². The topological polar surface area (TPSA) is 50.2 Å². The summed E-state index contributed by atoms with van der Waals surface area (Å²) in [7, 11) is 0. The minimum Gasteiger partial charge on any atom is -0.481 e. The molecule has 0 bridgehead atoms. The summed E-state index contributed by atoms with van der Waals surface area (Å²) in [6.45, 7) is 1.69. The molecule has 0 radical (unpaired) electrons. The maximum Gasteiger partial charge on any atom is 0.306 e. The van der Waals surface area contributed by atoms with Crippen LogP contribution in [0.15, 0.2) is 42.6 Å². The van der Waals surface area contributed by atoms with Gasteiger partial charge < -0.3 is 5.11 Å². The van der Waals surface area contributed by atoms with Gasteiger partial charge in [-0.05, 0) is 36.2 Å². The first-order valence-electron chi connectivity index (χ1n) is 6.00. The molecule has 1 heterocycles. The lowest BCUT2D eigenvalue weighted by Gasteiger charge is -2.12. The third-order valence-corrected chi connectivity index (χ3v) is 3.19. The monoisotopic (exact) mass is 275 g/mol. The van der Waals surface area contributed by atoms with Crippen LogP contribution in [0, 0.1) is 5.92 Å². The molecule has 0 aliphatic carbocycles. The van der Waals surface area contributed by atoms with Gasteiger partial charge in [0.15, 0.2) is 0 Å². The zero-order valence-electron chi connectivity index (χ0n) is 10.5. The summed E-state index contributed by atoms with van der Waals surface area (Å²) in [6, 6.07) is 11.1. The molecule has 0 aliphatic heterocycles. The number of hydrogen-bond acceptors (Lipinski definition) is 2. The van der Waals surface area contributed by atoms with Gasteiger partial charge in [-0.1, -0.05) is 30.7 Å². The molecule has 1 aromatic carbocycles. The number of halogens is 1. The fourth-order valence-electron chi connectivity index (χ4n) is 1.92. The van der Waals surface area contributed by atoms with E-state index in [1.165, 1.54) is 0 Å². The first kappa shape index (κ1) is 13.6. The van der Waals surface area contributed by atoms with E-state index < -0.39 is 11.9 Å². The van der Waals surface area contributed by atoms with Crippen LogP contribution in [0.4, 0.5) is 0 Å². The van der Waals surface area contributed by atoms with E-state index in [-0.39, 0.29) is 0 Å². The van der Waals surface area contributed by atoms with Gasteiger partial charge >= 0.3 is 5.97 Å². The highest BCUT2D eigenvalue weighted by Gasteiger charge is 2.15. The molecule has 1 aromatic heterocycles. The number of carbonyl (C=O) groups is 1. The number of aliphatic carboxylic acids is 1. The summed E-state index contributed by atoms with van der Waals surface area (Å²) in [6.07, 6.45) is 2.15. The van der Waals surface area contributed by atoms with E-state index in [0.717, 1.165) is 16.8 Å². The van der Waals surface area contributed by atoms with Gasteiger partial charge in [0.1, 0.15) is 0 Å². The highest BCUT2D eigenvalue weighted by molar-refractivity contribution is 6.30. The SMILES string of the molecule is C[C@@H](Cc1cc(Cl)ccc1-c1ccccn1)C(=O)O. The van der Waals surface area contributed by atoms with Crippen molar-refractivity contribution in [1.29, 1.82) is 0 Å². The van der Waals surface area contributed by atoms with Crippen molar-refractivity contribution in [2.75, 3.05) is 0 Å². The molecule has 0 fully saturated rings. The van der Waals surface area contributed by atoms with E-state index in [9.17, 15) is 4.79 Å². The molecule has 0 saturated carbocycles. The minimum absolute atomic E-state index is 0.432. The van der Waals surface area contributed by atoms with Gasteiger partial charge in [-0.25, -0.2) is 0 Å². The standard InChI is InChI=1S/C15H14ClNO2/c1-10(15(18)19)8-11-9-12(16)5-6-13(11)14-4-2-3-7-17-14/h2-7,9-10H,8H2,1H3,(H,18,19)/t10-/m0/s1. The second kappa shape index (κ2) is 5.85. The van der Waals surface area contributed by atoms with E-state index in [2.05, 4.69) is 4.98 Å². The highest BCUT2D eigenvalue weighted by atomic mass is 35.5. The van der Waals surface area contributed by atoms with E-state index in [1.54, 1.807) is 19.2 Å². The fourth-order valence-corrected chi connectivity index (χ4v) is 2.12. The molecule has 2 rings (SSSR count). The Morgan fingerprint density at radius 1 is 1.37 bits per heavy atom. The first-order chi connectivity index (χ1) is 9.08. The van der Waals surface area contributed by atoms with Gasteiger partial charge in [-0.15, -0.1) is 0 Å². The minimum atomic E-state index is -0.813. The number of rotatable bonds is 4. The molecule has 4 heteroatoms. The lowest BCUT2D eigenvalue weighted by atomic mass is 9.95. The second-order valence-electron chi connectivity index (χ2n) is 4.46. The molecule has 3 nitrogen and oxygen atoms in total. The summed E-state index contributed by atoms with van der Waals surface area (Å²) in [5.74, 6) is -1.27. The lowest BCUT2D eigenvalue weighted by molar-refractivity contribution is -0.141. The van der Waals surface area contributed by atoms with Gasteiger partial charge in [-0.3, -0.25) is 9.78 Å². The van der Waals surface area contributed by atoms with Crippen molar-refractivity contribution in [2.24, 2.45) is 5.92 Å². The van der Waals surface area contributed by atoms with Crippen LogP contribution >= 0.6 is 11.6 Å². The number of pyridine rings is 1. The third kappa shape index (κ3) is 3.32. The molecule has 0 amide bonds. The quantitative estimate of drug-likeness (QED) is 0.926. The van der Waals surface area contributed by atoms with Crippen molar-refractivity contribution in [3.8, 4) is 11.3 Å². The van der Waals surface area contributed by atoms with E-state index >= 15 is 0 Å². The molecule has 0 saturated heterocycles. The van der Waals surface area contributed by atoms with Crippen LogP contribution in [0.25, 0.3) is 11.3 Å². The van der Waals surface area contributed by atoms with Crippen LogP contribution in [0.1, 0.15) is 12.5 Å². The number of nitrogens with zero attached hydrogens (tertiary/aromatic N) is 1. The number of benzene rings is 1. The largest absolute Gasteiger partial charge is 0.481 e. The molecule has 98 valence electrons. The Hall–Kier alpha value is -1.87. The molecule has 0 unspecified atom stereocenters. The average molecular weight is 276 g/mol. The molecule has 1 N–H and O–H groups in total. The molecular formula is C15H14ClNO2. The van der Waals surface area contributed by atoms with Crippen LogP contribution in [-0.2, 0) is 11.2 Å². The van der Waals surface area contributed by atoms with Crippen molar-refractivity contribution >= 4 is 17.6 Å². The lowest BCUT2D eigenvalue weighted by Crippen LogP contribution is -2.12. The normalized spacial score (nSPS) is 12.1. The van der Waals surface area contributed by atoms with Crippen molar-refractivity contribution in [3.63, 3.8) is 0 Å². The molecule has 0 spiro atoms. The summed E-state index contributed by atoms with van der Waals surface area (Å²) >= 11 is 6.00. The van der Waals surface area contributed by atoms with Crippen molar-refractivity contribution in [1.82, 2.24) is 4.98 Å². The van der Waals surface area contributed by atoms with Gasteiger partial charge in [0.25, 0.3) is 0 Å². The summed E-state index contributed by atoms with van der Waals surface area (Å²) in [5.41, 5.74) is 2.66. The van der Waals surface area contributed by atoms with Crippen LogP contribution < -0.4 is 0 Å². The fraction of sp³-hybridized carbons (Fsp3) is 0.200. The smallest absolute Gasteiger partial charge is 0.306 e. The molecule has 0 aliphatic rings. The number of carboxylic acids is 1. The van der Waals surface area contributed by atoms with Crippen LogP contribution in [0.2, 0.25) is 5.02 Å². The number of aromatic nitrogens is 1. The number of carboxylic acid groups (broad SMARTS) is 1. The van der Waals surface area contributed by atoms with E-state index in [1.807, 2.05) is 30.3 Å². The Labute approximate surface area is 116 Å². The van der Waals surface area contributed by atoms with Gasteiger partial charge in [0.05, 0.1) is 11.6 Å². The Balaban J connectivity index is 2.41. The summed E-state index contributed by atoms with van der Waals surface area (Å²) < 4.78 is 0. The van der Waals surface area contributed by atoms with E-state index in [4.69, 9.17) is 16.7 Å². The van der Waals surface area contributed by atoms with Crippen molar-refractivity contribution in [3.05, 3.63) is 53.2 Å². The Morgan fingerprint density at radius 2 is 2.16 bits per heavy atom. The molecule has 19 heavy (non-hydrogen) atoms. The van der Waals surface area contributed by atoms with Crippen LogP contribution in [0.5, 0.6) is 0 Å². The van der Waals surface area contributed by atoms with E-state index in [0.29, 0.717) is 11.4 Å². The molecule has 2 aromatic rings. The van der Waals surface area contributed by atoms with Crippen LogP contribution in [-0.4, -0.2) is 16.1 Å². The average Bonchev–Trinajstić information content (AvgIpc) is 2.39. The van der Waals surface area contributed by atoms with Crippen molar-refractivity contribution in [2.45, 2.75) is 13.3 Å². The number of hydrogen-bond donors (Lipinski definition) is 1. The maximum atomic E-state index is 11.0. The Bertz CT molecular complexity index is 584. The zero-order valence-corrected chi connectivity index (χ0v) is 11.3. The highest BCUT2D eigenvalue weighted by Crippen LogP contribution is 2.27. The summed E-state index contributed by atoms with van der Waals surface area (Å²) in [5, 5.41) is 9.63. The predicted octanol–water partition coefficient (Wildman–Crippen LogP) is 3.67. The molecular weight excluding hydrogens is 262 g/mol. The Morgan fingerprint density at radius 3 is 2.79 bits per heavy atom. The van der Waals surface area contributed by atoms with Gasteiger partial charge in [0, 0.05) is 16.8 Å². The van der Waals surface area contributed by atoms with Gasteiger partial charge in [0.2, 0.25) is 0 Å². The zero-order chi connectivity index (χ0) is 13.8. The van der Waals surface area contributed by atoms with Crippen LogP contribution in [0.3, 0.4) is 0 Å². The molecule has 1 atom stereocenters. The third-order valence-electron chi connectivity index (χ3n) is 2.96. The Kier molecular flexibility index (Phi) is 4.17. The second-order valence-corrected chi connectivity index (χ2v) is 4.90. The maximum absolute atomic E-state index is 11.0. The predicted molar refractivity (Wildman–Crippen MR) is 75.2 cm³/mol. The first-order valence-corrected chi connectivity index (χ1v) is 6.38.